The first-order chi connectivity index (χ1) is 8.29. The Morgan fingerprint density at radius 1 is 1.47 bits per heavy atom. The summed E-state index contributed by atoms with van der Waals surface area (Å²) in [7, 11) is 3.84. The highest BCUT2D eigenvalue weighted by molar-refractivity contribution is 5.15. The van der Waals surface area contributed by atoms with Crippen molar-refractivity contribution in [1.29, 1.82) is 0 Å². The van der Waals surface area contributed by atoms with E-state index in [4.69, 9.17) is 4.74 Å². The zero-order valence-electron chi connectivity index (χ0n) is 10.6. The van der Waals surface area contributed by atoms with Crippen molar-refractivity contribution in [2.24, 2.45) is 0 Å². The van der Waals surface area contributed by atoms with Crippen molar-refractivity contribution in [1.82, 2.24) is 15.2 Å². The maximum Gasteiger partial charge on any atom is 0.213 e. The maximum absolute atomic E-state index is 5.09. The second kappa shape index (κ2) is 5.98. The van der Waals surface area contributed by atoms with E-state index in [1.165, 1.54) is 12.8 Å². The molecule has 0 saturated heterocycles. The molecule has 1 aliphatic rings. The summed E-state index contributed by atoms with van der Waals surface area (Å²) in [5.74, 6) is 0.680. The van der Waals surface area contributed by atoms with Crippen molar-refractivity contribution < 1.29 is 4.74 Å². The van der Waals surface area contributed by atoms with Gasteiger partial charge >= 0.3 is 0 Å². The summed E-state index contributed by atoms with van der Waals surface area (Å²) in [5, 5.41) is 3.41. The predicted octanol–water partition coefficient (Wildman–Crippen LogP) is 1.27. The fourth-order valence-electron chi connectivity index (χ4n) is 1.84. The third-order valence-corrected chi connectivity index (χ3v) is 3.11. The standard InChI is InChI=1S/C13H21N3O/c1-16(12-6-7-12)9-8-14-10-11-4-3-5-13(15-11)17-2/h3-5,12,14H,6-10H2,1-2H3. The molecule has 1 aliphatic carbocycles. The zero-order valence-corrected chi connectivity index (χ0v) is 10.6. The summed E-state index contributed by atoms with van der Waals surface area (Å²) in [6.07, 6.45) is 2.74. The largest absolute Gasteiger partial charge is 0.481 e. The van der Waals surface area contributed by atoms with E-state index in [0.29, 0.717) is 5.88 Å². The number of hydrogen-bond donors (Lipinski definition) is 1. The van der Waals surface area contributed by atoms with Crippen LogP contribution in [0.15, 0.2) is 18.2 Å². The summed E-state index contributed by atoms with van der Waals surface area (Å²) in [6.45, 7) is 2.91. The molecule has 0 aromatic carbocycles. The molecule has 0 radical (unpaired) electrons. The molecule has 0 atom stereocenters. The molecule has 1 aromatic rings. The van der Waals surface area contributed by atoms with Crippen LogP contribution in [0, 0.1) is 0 Å². The number of ether oxygens (including phenoxy) is 1. The molecule has 0 bridgehead atoms. The van der Waals surface area contributed by atoms with Crippen molar-refractivity contribution in [3.05, 3.63) is 23.9 Å². The minimum absolute atomic E-state index is 0.680. The van der Waals surface area contributed by atoms with Crippen LogP contribution in [0.3, 0.4) is 0 Å². The summed E-state index contributed by atoms with van der Waals surface area (Å²) < 4.78 is 5.09. The van der Waals surface area contributed by atoms with E-state index < -0.39 is 0 Å². The van der Waals surface area contributed by atoms with Gasteiger partial charge in [0.15, 0.2) is 0 Å². The second-order valence-electron chi connectivity index (χ2n) is 4.56. The van der Waals surface area contributed by atoms with Crippen LogP contribution in [0.4, 0.5) is 0 Å². The van der Waals surface area contributed by atoms with Crippen molar-refractivity contribution in [3.63, 3.8) is 0 Å². The van der Waals surface area contributed by atoms with Gasteiger partial charge in [-0.1, -0.05) is 6.07 Å². The highest BCUT2D eigenvalue weighted by Crippen LogP contribution is 2.24. The van der Waals surface area contributed by atoms with Crippen LogP contribution in [0.2, 0.25) is 0 Å². The minimum atomic E-state index is 0.680. The Kier molecular flexibility index (Phi) is 4.34. The molecule has 1 heterocycles. The van der Waals surface area contributed by atoms with Crippen LogP contribution >= 0.6 is 0 Å². The molecule has 0 aliphatic heterocycles. The van der Waals surface area contributed by atoms with Gasteiger partial charge in [-0.15, -0.1) is 0 Å². The Morgan fingerprint density at radius 2 is 2.29 bits per heavy atom. The van der Waals surface area contributed by atoms with E-state index in [1.54, 1.807) is 7.11 Å². The van der Waals surface area contributed by atoms with E-state index >= 15 is 0 Å². The van der Waals surface area contributed by atoms with Crippen molar-refractivity contribution in [3.8, 4) is 5.88 Å². The van der Waals surface area contributed by atoms with Gasteiger partial charge in [-0.05, 0) is 26.0 Å². The molecule has 1 fully saturated rings. The molecule has 0 amide bonds. The highest BCUT2D eigenvalue weighted by Gasteiger charge is 2.25. The molecule has 0 unspecified atom stereocenters. The SMILES string of the molecule is COc1cccc(CNCCN(C)C2CC2)n1. The Hall–Kier alpha value is -1.13. The second-order valence-corrected chi connectivity index (χ2v) is 4.56. The van der Waals surface area contributed by atoms with E-state index in [1.807, 2.05) is 18.2 Å². The summed E-state index contributed by atoms with van der Waals surface area (Å²) >= 11 is 0. The van der Waals surface area contributed by atoms with Crippen molar-refractivity contribution in [2.75, 3.05) is 27.2 Å². The summed E-state index contributed by atoms with van der Waals surface area (Å²) in [6, 6.07) is 6.69. The third kappa shape index (κ3) is 3.98. The molecule has 2 rings (SSSR count). The first-order valence-electron chi connectivity index (χ1n) is 6.20. The number of likely N-dealkylation sites (N-methyl/N-ethyl adjacent to an activating group) is 1. The van der Waals surface area contributed by atoms with Crippen LogP contribution in [-0.4, -0.2) is 43.2 Å². The Balaban J connectivity index is 1.66. The lowest BCUT2D eigenvalue weighted by Gasteiger charge is -2.15. The van der Waals surface area contributed by atoms with Gasteiger partial charge in [0.2, 0.25) is 5.88 Å². The number of nitrogens with one attached hydrogen (secondary N) is 1. The van der Waals surface area contributed by atoms with Crippen LogP contribution < -0.4 is 10.1 Å². The van der Waals surface area contributed by atoms with Crippen LogP contribution in [-0.2, 0) is 6.54 Å². The molecule has 4 heteroatoms. The maximum atomic E-state index is 5.09. The van der Waals surface area contributed by atoms with Gasteiger partial charge in [0.05, 0.1) is 12.8 Å². The molecule has 0 spiro atoms. The fraction of sp³-hybridized carbons (Fsp3) is 0.615. The van der Waals surface area contributed by atoms with Crippen LogP contribution in [0.1, 0.15) is 18.5 Å². The minimum Gasteiger partial charge on any atom is -0.481 e. The van der Waals surface area contributed by atoms with E-state index in [2.05, 4.69) is 22.2 Å². The van der Waals surface area contributed by atoms with Gasteiger partial charge in [0.1, 0.15) is 0 Å². The monoisotopic (exact) mass is 235 g/mol. The molecule has 17 heavy (non-hydrogen) atoms. The smallest absolute Gasteiger partial charge is 0.213 e. The van der Waals surface area contributed by atoms with E-state index in [0.717, 1.165) is 31.4 Å². The Morgan fingerprint density at radius 3 is 3.00 bits per heavy atom. The van der Waals surface area contributed by atoms with Gasteiger partial charge in [0, 0.05) is 31.7 Å². The van der Waals surface area contributed by atoms with E-state index in [9.17, 15) is 0 Å². The van der Waals surface area contributed by atoms with Crippen molar-refractivity contribution >= 4 is 0 Å². The normalized spacial score (nSPS) is 15.2. The number of rotatable bonds is 7. The number of hydrogen-bond acceptors (Lipinski definition) is 4. The van der Waals surface area contributed by atoms with Gasteiger partial charge in [-0.2, -0.15) is 0 Å². The molecule has 94 valence electrons. The Labute approximate surface area is 103 Å². The lowest BCUT2D eigenvalue weighted by molar-refractivity contribution is 0.321. The van der Waals surface area contributed by atoms with Crippen molar-refractivity contribution in [2.45, 2.75) is 25.4 Å². The quantitative estimate of drug-likeness (QED) is 0.722. The highest BCUT2D eigenvalue weighted by atomic mass is 16.5. The predicted molar refractivity (Wildman–Crippen MR) is 68.1 cm³/mol. The lowest BCUT2D eigenvalue weighted by atomic mass is 10.3. The zero-order chi connectivity index (χ0) is 12.1. The van der Waals surface area contributed by atoms with Crippen LogP contribution in [0.25, 0.3) is 0 Å². The van der Waals surface area contributed by atoms with Gasteiger partial charge in [0.25, 0.3) is 0 Å². The Bertz CT molecular complexity index is 352. The molecule has 1 aromatic heterocycles. The van der Waals surface area contributed by atoms with Crippen LogP contribution in [0.5, 0.6) is 5.88 Å². The first-order valence-corrected chi connectivity index (χ1v) is 6.20. The van der Waals surface area contributed by atoms with E-state index in [-0.39, 0.29) is 0 Å². The average molecular weight is 235 g/mol. The summed E-state index contributed by atoms with van der Waals surface area (Å²) in [4.78, 5) is 6.78. The number of nitrogens with zero attached hydrogens (tertiary/aromatic N) is 2. The molecule has 1 saturated carbocycles. The topological polar surface area (TPSA) is 37.4 Å². The molecular weight excluding hydrogens is 214 g/mol. The third-order valence-electron chi connectivity index (χ3n) is 3.11. The number of methoxy groups -OCH3 is 1. The lowest BCUT2D eigenvalue weighted by Crippen LogP contribution is -2.30. The van der Waals surface area contributed by atoms with Gasteiger partial charge < -0.3 is 15.0 Å². The first kappa shape index (κ1) is 12.3. The molecular formula is C13H21N3O. The molecule has 4 nitrogen and oxygen atoms in total. The summed E-state index contributed by atoms with van der Waals surface area (Å²) in [5.41, 5.74) is 1.03. The number of aromatic nitrogens is 1. The average Bonchev–Trinajstić information content (AvgIpc) is 3.19. The molecule has 1 N–H and O–H groups in total. The van der Waals surface area contributed by atoms with Gasteiger partial charge in [-0.25, -0.2) is 4.98 Å². The number of pyridine rings is 1. The fourth-order valence-corrected chi connectivity index (χ4v) is 1.84. The van der Waals surface area contributed by atoms with Gasteiger partial charge in [-0.3, -0.25) is 0 Å².